The monoisotopic (exact) mass is 301 g/mol. The van der Waals surface area contributed by atoms with Gasteiger partial charge < -0.3 is 10.1 Å². The highest BCUT2D eigenvalue weighted by Gasteiger charge is 2.29. The minimum atomic E-state index is -2.79. The zero-order chi connectivity index (χ0) is 14.6. The molecule has 1 aliphatic rings. The summed E-state index contributed by atoms with van der Waals surface area (Å²) in [5, 5.41) is 3.45. The molecule has 1 aromatic carbocycles. The summed E-state index contributed by atoms with van der Waals surface area (Å²) in [4.78, 5) is 0. The highest BCUT2D eigenvalue weighted by Crippen LogP contribution is 2.37. The predicted molar refractivity (Wildman–Crippen MR) is 79.6 cm³/mol. The number of halogens is 2. The second-order valence-corrected chi connectivity index (χ2v) is 7.10. The summed E-state index contributed by atoms with van der Waals surface area (Å²) in [6, 6.07) is 6.97. The molecular formula is C15H21F2NOS. The number of para-hydroxylation sites is 1. The van der Waals surface area contributed by atoms with Crippen LogP contribution in [0.1, 0.15) is 38.3 Å². The molecule has 1 N–H and O–H groups in total. The molecule has 2 atom stereocenters. The molecule has 1 saturated heterocycles. The first-order chi connectivity index (χ1) is 9.50. The Morgan fingerprint density at radius 1 is 1.40 bits per heavy atom. The van der Waals surface area contributed by atoms with Crippen LogP contribution in [0, 0.1) is 0 Å². The van der Waals surface area contributed by atoms with Crippen LogP contribution in [0.3, 0.4) is 0 Å². The van der Waals surface area contributed by atoms with Crippen LogP contribution in [0.2, 0.25) is 0 Å². The fourth-order valence-corrected chi connectivity index (χ4v) is 3.75. The minimum absolute atomic E-state index is 0.0111. The average Bonchev–Trinajstić information content (AvgIpc) is 2.83. The molecule has 2 unspecified atom stereocenters. The molecule has 2 rings (SSSR count). The molecule has 1 fully saturated rings. The van der Waals surface area contributed by atoms with Gasteiger partial charge in [0.2, 0.25) is 0 Å². The van der Waals surface area contributed by atoms with Crippen LogP contribution in [-0.4, -0.2) is 23.7 Å². The number of rotatable bonds is 6. The van der Waals surface area contributed by atoms with Gasteiger partial charge in [-0.05, 0) is 38.5 Å². The molecular weight excluding hydrogens is 280 g/mol. The Hall–Kier alpha value is -0.810. The predicted octanol–water partition coefficient (Wildman–Crippen LogP) is 4.22. The van der Waals surface area contributed by atoms with Crippen molar-refractivity contribution in [2.24, 2.45) is 0 Å². The first-order valence-corrected chi connectivity index (χ1v) is 7.90. The summed E-state index contributed by atoms with van der Waals surface area (Å²) in [5.74, 6) is 1.46. The first-order valence-electron chi connectivity index (χ1n) is 6.91. The van der Waals surface area contributed by atoms with Crippen LogP contribution < -0.4 is 10.1 Å². The van der Waals surface area contributed by atoms with Gasteiger partial charge in [0.05, 0.1) is 0 Å². The second-order valence-electron chi connectivity index (χ2n) is 5.42. The Labute approximate surface area is 123 Å². The van der Waals surface area contributed by atoms with Crippen LogP contribution in [-0.2, 0) is 0 Å². The fraction of sp³-hybridized carbons (Fsp3) is 0.600. The number of hydrogen-bond donors (Lipinski definition) is 1. The summed E-state index contributed by atoms with van der Waals surface area (Å²) < 4.78 is 29.7. The van der Waals surface area contributed by atoms with Crippen molar-refractivity contribution in [3.63, 3.8) is 0 Å². The second kappa shape index (κ2) is 6.76. The van der Waals surface area contributed by atoms with Crippen molar-refractivity contribution in [3.05, 3.63) is 29.8 Å². The van der Waals surface area contributed by atoms with E-state index in [9.17, 15) is 8.78 Å². The van der Waals surface area contributed by atoms with E-state index < -0.39 is 6.61 Å². The maximum Gasteiger partial charge on any atom is 0.387 e. The zero-order valence-electron chi connectivity index (χ0n) is 11.9. The maximum absolute atomic E-state index is 12.4. The molecule has 0 aromatic heterocycles. The lowest BCUT2D eigenvalue weighted by Gasteiger charge is -2.26. The van der Waals surface area contributed by atoms with Crippen molar-refractivity contribution in [2.75, 3.05) is 12.3 Å². The lowest BCUT2D eigenvalue weighted by molar-refractivity contribution is -0.0506. The minimum Gasteiger partial charge on any atom is -0.434 e. The van der Waals surface area contributed by atoms with Gasteiger partial charge in [0.25, 0.3) is 0 Å². The van der Waals surface area contributed by atoms with Gasteiger partial charge in [-0.1, -0.05) is 18.2 Å². The molecule has 1 aliphatic heterocycles. The van der Waals surface area contributed by atoms with Crippen molar-refractivity contribution in [2.45, 2.75) is 44.1 Å². The summed E-state index contributed by atoms with van der Waals surface area (Å²) in [5.41, 5.74) is 0.777. The molecule has 0 spiro atoms. The highest BCUT2D eigenvalue weighted by molar-refractivity contribution is 8.00. The normalized spacial score (nSPS) is 24.1. The summed E-state index contributed by atoms with van der Waals surface area (Å²) in [6.45, 7) is 2.33. The summed E-state index contributed by atoms with van der Waals surface area (Å²) in [6.07, 6.45) is 2.45. The van der Waals surface area contributed by atoms with E-state index in [4.69, 9.17) is 0 Å². The smallest absolute Gasteiger partial charge is 0.387 e. The summed E-state index contributed by atoms with van der Waals surface area (Å²) >= 11 is 1.98. The van der Waals surface area contributed by atoms with E-state index in [1.807, 2.05) is 30.8 Å². The number of thioether (sulfide) groups is 1. The van der Waals surface area contributed by atoms with Crippen LogP contribution in [0.15, 0.2) is 24.3 Å². The SMILES string of the molecule is CC(NCC1(C)CCCS1)c1ccccc1OC(F)F. The van der Waals surface area contributed by atoms with Gasteiger partial charge in [0.1, 0.15) is 5.75 Å². The van der Waals surface area contributed by atoms with E-state index >= 15 is 0 Å². The molecule has 2 nitrogen and oxygen atoms in total. The molecule has 5 heteroatoms. The third-order valence-corrected chi connectivity index (χ3v) is 5.22. The van der Waals surface area contributed by atoms with Crippen molar-refractivity contribution < 1.29 is 13.5 Å². The van der Waals surface area contributed by atoms with E-state index in [-0.39, 0.29) is 16.5 Å². The van der Waals surface area contributed by atoms with E-state index in [1.165, 1.54) is 18.6 Å². The third kappa shape index (κ3) is 4.09. The highest BCUT2D eigenvalue weighted by atomic mass is 32.2. The Morgan fingerprint density at radius 2 is 2.15 bits per heavy atom. The quantitative estimate of drug-likeness (QED) is 0.850. The average molecular weight is 301 g/mol. The molecule has 0 amide bonds. The van der Waals surface area contributed by atoms with Gasteiger partial charge in [0.15, 0.2) is 0 Å². The molecule has 1 aromatic rings. The van der Waals surface area contributed by atoms with E-state index in [0.29, 0.717) is 0 Å². The van der Waals surface area contributed by atoms with Gasteiger partial charge in [-0.2, -0.15) is 20.5 Å². The fourth-order valence-electron chi connectivity index (χ4n) is 2.50. The molecule has 0 bridgehead atoms. The molecule has 1 heterocycles. The van der Waals surface area contributed by atoms with Crippen LogP contribution in [0.5, 0.6) is 5.75 Å². The zero-order valence-corrected chi connectivity index (χ0v) is 12.7. The topological polar surface area (TPSA) is 21.3 Å². The number of benzene rings is 1. The van der Waals surface area contributed by atoms with Gasteiger partial charge in [0, 0.05) is 22.9 Å². The van der Waals surface area contributed by atoms with E-state index in [1.54, 1.807) is 12.1 Å². The largest absolute Gasteiger partial charge is 0.434 e. The molecule has 0 aliphatic carbocycles. The molecule has 0 saturated carbocycles. The van der Waals surface area contributed by atoms with Crippen molar-refractivity contribution in [1.82, 2.24) is 5.32 Å². The van der Waals surface area contributed by atoms with Gasteiger partial charge >= 0.3 is 6.61 Å². The Kier molecular flexibility index (Phi) is 5.27. The number of nitrogens with one attached hydrogen (secondary N) is 1. The van der Waals surface area contributed by atoms with Crippen LogP contribution in [0.4, 0.5) is 8.78 Å². The molecule has 0 radical (unpaired) electrons. The van der Waals surface area contributed by atoms with Gasteiger partial charge in [-0.15, -0.1) is 0 Å². The summed E-state index contributed by atoms with van der Waals surface area (Å²) in [7, 11) is 0. The standard InChI is InChI=1S/C15H21F2NOS/c1-11(18-10-15(2)8-5-9-20-15)12-6-3-4-7-13(12)19-14(16)17/h3-4,6-7,11,14,18H,5,8-10H2,1-2H3. The van der Waals surface area contributed by atoms with E-state index in [2.05, 4.69) is 17.0 Å². The van der Waals surface area contributed by atoms with Gasteiger partial charge in [-0.25, -0.2) is 0 Å². The van der Waals surface area contributed by atoms with Gasteiger partial charge in [-0.3, -0.25) is 0 Å². The third-order valence-electron chi connectivity index (χ3n) is 3.68. The Bertz CT molecular complexity index is 436. The lowest BCUT2D eigenvalue weighted by Crippen LogP contribution is -2.34. The molecule has 112 valence electrons. The van der Waals surface area contributed by atoms with E-state index in [0.717, 1.165) is 12.1 Å². The van der Waals surface area contributed by atoms with Crippen molar-refractivity contribution in [3.8, 4) is 5.75 Å². The van der Waals surface area contributed by atoms with Crippen molar-refractivity contribution >= 4 is 11.8 Å². The number of alkyl halides is 2. The maximum atomic E-state index is 12.4. The van der Waals surface area contributed by atoms with Crippen LogP contribution >= 0.6 is 11.8 Å². The lowest BCUT2D eigenvalue weighted by atomic mass is 10.0. The molecule has 20 heavy (non-hydrogen) atoms. The Morgan fingerprint density at radius 3 is 2.80 bits per heavy atom. The van der Waals surface area contributed by atoms with Crippen molar-refractivity contribution in [1.29, 1.82) is 0 Å². The first kappa shape index (κ1) is 15.6. The van der Waals surface area contributed by atoms with Crippen LogP contribution in [0.25, 0.3) is 0 Å². The Balaban J connectivity index is 1.99. The number of ether oxygens (including phenoxy) is 1. The number of hydrogen-bond acceptors (Lipinski definition) is 3.